The third kappa shape index (κ3) is 2.41. The Kier molecular flexibility index (Phi) is 3.59. The Hall–Kier alpha value is -0.590. The summed E-state index contributed by atoms with van der Waals surface area (Å²) >= 11 is 5.30. The molecule has 96 valence electrons. The van der Waals surface area contributed by atoms with Gasteiger partial charge in [0, 0.05) is 24.1 Å². The van der Waals surface area contributed by atoms with E-state index in [0.717, 1.165) is 16.6 Å². The van der Waals surface area contributed by atoms with Gasteiger partial charge in [-0.15, -0.1) is 22.7 Å². The average molecular weight is 297 g/mol. The number of hydrogen-bond acceptors (Lipinski definition) is 6. The van der Waals surface area contributed by atoms with Crippen LogP contribution in [0, 0.1) is 0 Å². The van der Waals surface area contributed by atoms with E-state index in [4.69, 9.17) is 4.98 Å². The van der Waals surface area contributed by atoms with Crippen molar-refractivity contribution in [2.75, 3.05) is 18.6 Å². The first kappa shape index (κ1) is 12.4. The van der Waals surface area contributed by atoms with Gasteiger partial charge in [-0.3, -0.25) is 0 Å². The molecule has 2 heterocycles. The molecule has 1 saturated carbocycles. The molecule has 18 heavy (non-hydrogen) atoms. The Morgan fingerprint density at radius 2 is 2.28 bits per heavy atom. The predicted octanol–water partition coefficient (Wildman–Crippen LogP) is 4.05. The molecule has 2 aromatic rings. The molecule has 0 bridgehead atoms. The lowest BCUT2D eigenvalue weighted by molar-refractivity contribution is 1.03. The summed E-state index contributed by atoms with van der Waals surface area (Å²) in [4.78, 5) is 10.7. The Labute approximate surface area is 119 Å². The van der Waals surface area contributed by atoms with Gasteiger partial charge in [0.1, 0.15) is 5.01 Å². The highest BCUT2D eigenvalue weighted by Crippen LogP contribution is 2.46. The van der Waals surface area contributed by atoms with E-state index >= 15 is 0 Å². The molecule has 0 aliphatic heterocycles. The maximum Gasteiger partial charge on any atom is 0.182 e. The summed E-state index contributed by atoms with van der Waals surface area (Å²) in [6, 6.07) is 0. The van der Waals surface area contributed by atoms with E-state index in [0.29, 0.717) is 5.92 Å². The highest BCUT2D eigenvalue weighted by atomic mass is 32.2. The molecule has 3 rings (SSSR count). The number of aromatic nitrogens is 2. The first-order valence-corrected chi connectivity index (χ1v) is 9.03. The second-order valence-corrected chi connectivity index (χ2v) is 7.12. The van der Waals surface area contributed by atoms with Crippen LogP contribution in [-0.4, -0.2) is 23.3 Å². The lowest BCUT2D eigenvalue weighted by atomic mass is 10.2. The third-order valence-corrected chi connectivity index (χ3v) is 5.58. The highest BCUT2D eigenvalue weighted by molar-refractivity contribution is 7.97. The van der Waals surface area contributed by atoms with Crippen molar-refractivity contribution in [3.05, 3.63) is 16.1 Å². The van der Waals surface area contributed by atoms with Gasteiger partial charge in [-0.25, -0.2) is 9.97 Å². The van der Waals surface area contributed by atoms with Gasteiger partial charge in [0.25, 0.3) is 0 Å². The fraction of sp³-hybridized carbons (Fsp3) is 0.500. The Morgan fingerprint density at radius 3 is 2.89 bits per heavy atom. The van der Waals surface area contributed by atoms with E-state index in [1.165, 1.54) is 28.4 Å². The average Bonchev–Trinajstić information content (AvgIpc) is 2.96. The second kappa shape index (κ2) is 5.19. The fourth-order valence-corrected chi connectivity index (χ4v) is 4.42. The van der Waals surface area contributed by atoms with Crippen molar-refractivity contribution in [2.45, 2.75) is 24.5 Å². The van der Waals surface area contributed by atoms with Gasteiger partial charge >= 0.3 is 0 Å². The normalized spacial score (nSPS) is 15.0. The SMILES string of the molecule is CNc1nc(-c2sc(CSC)nc2C2CC2)cs1. The second-order valence-electron chi connectivity index (χ2n) is 4.32. The third-order valence-electron chi connectivity index (χ3n) is 2.88. The van der Waals surface area contributed by atoms with E-state index in [9.17, 15) is 0 Å². The van der Waals surface area contributed by atoms with Crippen molar-refractivity contribution in [3.63, 3.8) is 0 Å². The van der Waals surface area contributed by atoms with Gasteiger partial charge in [0.05, 0.1) is 16.3 Å². The smallest absolute Gasteiger partial charge is 0.182 e. The summed E-state index contributed by atoms with van der Waals surface area (Å²) in [6.07, 6.45) is 4.71. The van der Waals surface area contributed by atoms with Crippen LogP contribution in [0.2, 0.25) is 0 Å². The molecule has 2 aromatic heterocycles. The molecule has 0 aromatic carbocycles. The first-order chi connectivity index (χ1) is 8.81. The predicted molar refractivity (Wildman–Crippen MR) is 82.0 cm³/mol. The summed E-state index contributed by atoms with van der Waals surface area (Å²) in [7, 11) is 1.91. The lowest BCUT2D eigenvalue weighted by Gasteiger charge is -1.95. The molecule has 3 nitrogen and oxygen atoms in total. The summed E-state index contributed by atoms with van der Waals surface area (Å²) in [6.45, 7) is 0. The summed E-state index contributed by atoms with van der Waals surface area (Å²) in [5.74, 6) is 1.69. The zero-order chi connectivity index (χ0) is 12.5. The quantitative estimate of drug-likeness (QED) is 0.903. The molecule has 0 radical (unpaired) electrons. The minimum Gasteiger partial charge on any atom is -0.365 e. The molecular formula is C12H15N3S3. The molecule has 0 amide bonds. The molecule has 6 heteroatoms. The monoisotopic (exact) mass is 297 g/mol. The van der Waals surface area contributed by atoms with E-state index in [1.807, 2.05) is 30.1 Å². The van der Waals surface area contributed by atoms with Crippen molar-refractivity contribution in [2.24, 2.45) is 0 Å². The first-order valence-electron chi connectivity index (χ1n) is 5.94. The van der Waals surface area contributed by atoms with Crippen LogP contribution in [-0.2, 0) is 5.75 Å². The Morgan fingerprint density at radius 1 is 1.44 bits per heavy atom. The fourth-order valence-electron chi connectivity index (χ4n) is 1.87. The van der Waals surface area contributed by atoms with E-state index < -0.39 is 0 Å². The largest absolute Gasteiger partial charge is 0.365 e. The summed E-state index contributed by atoms with van der Waals surface area (Å²) in [5, 5.41) is 7.45. The molecule has 0 saturated heterocycles. The van der Waals surface area contributed by atoms with Gasteiger partial charge in [0.2, 0.25) is 0 Å². The van der Waals surface area contributed by atoms with Crippen LogP contribution < -0.4 is 5.32 Å². The van der Waals surface area contributed by atoms with Gasteiger partial charge in [-0.2, -0.15) is 11.8 Å². The standard InChI is InChI=1S/C12H15N3S3/c1-13-12-14-8(5-17-12)11-10(7-3-4-7)15-9(18-11)6-16-2/h5,7H,3-4,6H2,1-2H3,(H,13,14). The maximum atomic E-state index is 4.82. The zero-order valence-corrected chi connectivity index (χ0v) is 12.8. The number of nitrogens with zero attached hydrogens (tertiary/aromatic N) is 2. The molecule has 1 fully saturated rings. The molecule has 0 atom stereocenters. The molecule has 1 aliphatic carbocycles. The summed E-state index contributed by atoms with van der Waals surface area (Å²) < 4.78 is 0. The van der Waals surface area contributed by atoms with Crippen molar-refractivity contribution in [1.82, 2.24) is 9.97 Å². The molecule has 1 N–H and O–H groups in total. The number of thiazole rings is 2. The number of rotatable bonds is 5. The van der Waals surface area contributed by atoms with Crippen molar-refractivity contribution < 1.29 is 0 Å². The summed E-state index contributed by atoms with van der Waals surface area (Å²) in [5.41, 5.74) is 2.38. The highest BCUT2D eigenvalue weighted by Gasteiger charge is 2.30. The molecule has 0 unspecified atom stereocenters. The van der Waals surface area contributed by atoms with Crippen LogP contribution in [0.25, 0.3) is 10.6 Å². The van der Waals surface area contributed by atoms with Crippen LogP contribution >= 0.6 is 34.4 Å². The Balaban J connectivity index is 1.97. The Bertz CT molecular complexity index is 543. The van der Waals surface area contributed by atoms with Crippen molar-refractivity contribution in [1.29, 1.82) is 0 Å². The number of hydrogen-bond donors (Lipinski definition) is 1. The van der Waals surface area contributed by atoms with Crippen molar-refractivity contribution in [3.8, 4) is 10.6 Å². The van der Waals surface area contributed by atoms with Crippen LogP contribution in [0.4, 0.5) is 5.13 Å². The van der Waals surface area contributed by atoms with Crippen LogP contribution in [0.5, 0.6) is 0 Å². The van der Waals surface area contributed by atoms with E-state index in [1.54, 1.807) is 11.3 Å². The van der Waals surface area contributed by atoms with Gasteiger partial charge in [0.15, 0.2) is 5.13 Å². The van der Waals surface area contributed by atoms with E-state index in [2.05, 4.69) is 21.9 Å². The molecule has 0 spiro atoms. The maximum absolute atomic E-state index is 4.82. The van der Waals surface area contributed by atoms with Crippen LogP contribution in [0.15, 0.2) is 5.38 Å². The molecular weight excluding hydrogens is 282 g/mol. The van der Waals surface area contributed by atoms with Crippen molar-refractivity contribution >= 4 is 39.6 Å². The number of nitrogens with one attached hydrogen (secondary N) is 1. The zero-order valence-electron chi connectivity index (χ0n) is 10.4. The lowest BCUT2D eigenvalue weighted by Crippen LogP contribution is -1.87. The number of thioether (sulfide) groups is 1. The number of anilines is 1. The van der Waals surface area contributed by atoms with Crippen LogP contribution in [0.1, 0.15) is 29.5 Å². The minimum atomic E-state index is 0.687. The van der Waals surface area contributed by atoms with Crippen LogP contribution in [0.3, 0.4) is 0 Å². The van der Waals surface area contributed by atoms with Gasteiger partial charge < -0.3 is 5.32 Å². The van der Waals surface area contributed by atoms with Gasteiger partial charge in [-0.1, -0.05) is 0 Å². The topological polar surface area (TPSA) is 37.8 Å². The van der Waals surface area contributed by atoms with E-state index in [-0.39, 0.29) is 0 Å². The molecule has 1 aliphatic rings. The minimum absolute atomic E-state index is 0.687. The van der Waals surface area contributed by atoms with Gasteiger partial charge in [-0.05, 0) is 19.1 Å².